The molecule has 0 fully saturated rings. The minimum Gasteiger partial charge on any atom is -0.496 e. The zero-order chi connectivity index (χ0) is 17.0. The lowest BCUT2D eigenvalue weighted by Crippen LogP contribution is -2.22. The van der Waals surface area contributed by atoms with Crippen LogP contribution in [-0.2, 0) is 4.79 Å². The van der Waals surface area contributed by atoms with Gasteiger partial charge in [0.2, 0.25) is 5.91 Å². The molecule has 0 aliphatic heterocycles. The fraction of sp³-hybridized carbons (Fsp3) is 0.176. The lowest BCUT2D eigenvalue weighted by atomic mass is 10.2. The molecule has 0 spiro atoms. The van der Waals surface area contributed by atoms with Gasteiger partial charge in [0.1, 0.15) is 5.75 Å². The number of nitrogens with zero attached hydrogens (tertiary/aromatic N) is 1. The Bertz CT molecular complexity index is 729. The van der Waals surface area contributed by atoms with Crippen molar-refractivity contribution in [1.82, 2.24) is 0 Å². The van der Waals surface area contributed by atoms with Gasteiger partial charge in [-0.3, -0.25) is 9.59 Å². The van der Waals surface area contributed by atoms with E-state index in [-0.39, 0.29) is 11.8 Å². The Morgan fingerprint density at radius 2 is 1.78 bits per heavy atom. The maximum absolute atomic E-state index is 12.3. The quantitative estimate of drug-likeness (QED) is 0.884. The zero-order valence-corrected chi connectivity index (χ0v) is 14.7. The van der Waals surface area contributed by atoms with Gasteiger partial charge in [0.25, 0.3) is 5.91 Å². The zero-order valence-electron chi connectivity index (χ0n) is 13.1. The third-order valence-corrected chi connectivity index (χ3v) is 4.02. The van der Waals surface area contributed by atoms with Crippen LogP contribution in [0.4, 0.5) is 11.4 Å². The van der Waals surface area contributed by atoms with Crippen molar-refractivity contribution < 1.29 is 14.3 Å². The smallest absolute Gasteiger partial charge is 0.255 e. The molecular formula is C17H17BrN2O3. The Morgan fingerprint density at radius 3 is 2.30 bits per heavy atom. The minimum atomic E-state index is -0.221. The van der Waals surface area contributed by atoms with Gasteiger partial charge in [-0.05, 0) is 58.4 Å². The third kappa shape index (κ3) is 4.10. The SMILES string of the molecule is COc1ccc(C(=O)Nc2ccc(N(C)C(C)=O)cc2)cc1Br. The normalized spacial score (nSPS) is 10.1. The van der Waals surface area contributed by atoms with E-state index in [0.29, 0.717) is 21.5 Å². The highest BCUT2D eigenvalue weighted by atomic mass is 79.9. The molecule has 120 valence electrons. The number of rotatable bonds is 4. The number of nitrogens with one attached hydrogen (secondary N) is 1. The van der Waals surface area contributed by atoms with Crippen molar-refractivity contribution in [3.8, 4) is 5.75 Å². The van der Waals surface area contributed by atoms with Gasteiger partial charge in [0.15, 0.2) is 0 Å². The van der Waals surface area contributed by atoms with Gasteiger partial charge in [-0.15, -0.1) is 0 Å². The topological polar surface area (TPSA) is 58.6 Å². The Hall–Kier alpha value is -2.34. The summed E-state index contributed by atoms with van der Waals surface area (Å²) in [7, 11) is 3.27. The van der Waals surface area contributed by atoms with Crippen LogP contribution in [0, 0.1) is 0 Å². The Labute approximate surface area is 143 Å². The fourth-order valence-corrected chi connectivity index (χ4v) is 2.50. The monoisotopic (exact) mass is 376 g/mol. The van der Waals surface area contributed by atoms with Gasteiger partial charge in [0.05, 0.1) is 11.6 Å². The number of carbonyl (C=O) groups excluding carboxylic acids is 2. The molecule has 0 radical (unpaired) electrons. The van der Waals surface area contributed by atoms with Crippen LogP contribution in [0.5, 0.6) is 5.75 Å². The standard InChI is InChI=1S/C17H17BrN2O3/c1-11(21)20(2)14-7-5-13(6-8-14)19-17(22)12-4-9-16(23-3)15(18)10-12/h4-10H,1-3H3,(H,19,22). The number of benzene rings is 2. The summed E-state index contributed by atoms with van der Waals surface area (Å²) in [4.78, 5) is 25.1. The molecular weight excluding hydrogens is 360 g/mol. The number of hydrogen-bond donors (Lipinski definition) is 1. The van der Waals surface area contributed by atoms with Gasteiger partial charge in [-0.1, -0.05) is 0 Å². The number of halogens is 1. The van der Waals surface area contributed by atoms with Gasteiger partial charge < -0.3 is 15.0 Å². The molecule has 0 saturated heterocycles. The summed E-state index contributed by atoms with van der Waals surface area (Å²) in [6.07, 6.45) is 0. The van der Waals surface area contributed by atoms with Crippen molar-refractivity contribution in [2.45, 2.75) is 6.92 Å². The van der Waals surface area contributed by atoms with E-state index in [1.165, 1.54) is 11.8 Å². The Kier molecular flexibility index (Phi) is 5.39. The number of anilines is 2. The van der Waals surface area contributed by atoms with E-state index in [1.54, 1.807) is 56.6 Å². The summed E-state index contributed by atoms with van der Waals surface area (Å²) < 4.78 is 5.86. The Balaban J connectivity index is 2.11. The predicted octanol–water partition coefficient (Wildman–Crippen LogP) is 3.69. The molecule has 0 saturated carbocycles. The molecule has 5 nitrogen and oxygen atoms in total. The van der Waals surface area contributed by atoms with Crippen LogP contribution in [0.15, 0.2) is 46.9 Å². The first-order valence-electron chi connectivity index (χ1n) is 6.91. The van der Waals surface area contributed by atoms with Crippen LogP contribution in [0.25, 0.3) is 0 Å². The highest BCUT2D eigenvalue weighted by Gasteiger charge is 2.10. The van der Waals surface area contributed by atoms with Crippen LogP contribution in [0.2, 0.25) is 0 Å². The number of hydrogen-bond acceptors (Lipinski definition) is 3. The van der Waals surface area contributed by atoms with Crippen molar-refractivity contribution in [1.29, 1.82) is 0 Å². The number of ether oxygens (including phenoxy) is 1. The molecule has 23 heavy (non-hydrogen) atoms. The predicted molar refractivity (Wildman–Crippen MR) is 94.2 cm³/mol. The van der Waals surface area contributed by atoms with E-state index in [9.17, 15) is 9.59 Å². The second-order valence-corrected chi connectivity index (χ2v) is 5.78. The number of carbonyl (C=O) groups is 2. The summed E-state index contributed by atoms with van der Waals surface area (Å²) in [6.45, 7) is 1.50. The molecule has 0 aromatic heterocycles. The summed E-state index contributed by atoms with van der Waals surface area (Å²) in [5, 5.41) is 2.81. The largest absolute Gasteiger partial charge is 0.496 e. The van der Waals surface area contributed by atoms with Gasteiger partial charge in [0, 0.05) is 30.9 Å². The second kappa shape index (κ2) is 7.28. The first-order chi connectivity index (χ1) is 10.9. The van der Waals surface area contributed by atoms with Gasteiger partial charge in [-0.2, -0.15) is 0 Å². The fourth-order valence-electron chi connectivity index (χ4n) is 1.96. The molecule has 2 aromatic carbocycles. The van der Waals surface area contributed by atoms with Crippen molar-refractivity contribution in [3.63, 3.8) is 0 Å². The highest BCUT2D eigenvalue weighted by Crippen LogP contribution is 2.26. The molecule has 2 amide bonds. The summed E-state index contributed by atoms with van der Waals surface area (Å²) in [6, 6.07) is 12.2. The van der Waals surface area contributed by atoms with Crippen LogP contribution in [0.3, 0.4) is 0 Å². The molecule has 0 unspecified atom stereocenters. The average Bonchev–Trinajstić information content (AvgIpc) is 2.54. The lowest BCUT2D eigenvalue weighted by Gasteiger charge is -2.15. The molecule has 2 aromatic rings. The second-order valence-electron chi connectivity index (χ2n) is 4.93. The van der Waals surface area contributed by atoms with Gasteiger partial charge >= 0.3 is 0 Å². The third-order valence-electron chi connectivity index (χ3n) is 3.40. The molecule has 0 atom stereocenters. The molecule has 2 rings (SSSR count). The highest BCUT2D eigenvalue weighted by molar-refractivity contribution is 9.10. The van der Waals surface area contributed by atoms with Crippen LogP contribution in [-0.4, -0.2) is 26.0 Å². The van der Waals surface area contributed by atoms with Crippen LogP contribution in [0.1, 0.15) is 17.3 Å². The van der Waals surface area contributed by atoms with E-state index in [0.717, 1.165) is 5.69 Å². The van der Waals surface area contributed by atoms with Gasteiger partial charge in [-0.25, -0.2) is 0 Å². The number of amides is 2. The molecule has 1 N–H and O–H groups in total. The van der Waals surface area contributed by atoms with E-state index in [2.05, 4.69) is 21.2 Å². The summed E-state index contributed by atoms with van der Waals surface area (Å²) in [5.41, 5.74) is 1.94. The summed E-state index contributed by atoms with van der Waals surface area (Å²) >= 11 is 3.36. The molecule has 0 aliphatic carbocycles. The van der Waals surface area contributed by atoms with E-state index in [4.69, 9.17) is 4.74 Å². The van der Waals surface area contributed by atoms with E-state index >= 15 is 0 Å². The first-order valence-corrected chi connectivity index (χ1v) is 7.71. The van der Waals surface area contributed by atoms with E-state index in [1.807, 2.05) is 0 Å². The maximum atomic E-state index is 12.3. The van der Waals surface area contributed by atoms with Crippen molar-refractivity contribution in [2.75, 3.05) is 24.4 Å². The molecule has 0 aliphatic rings. The van der Waals surface area contributed by atoms with Crippen LogP contribution >= 0.6 is 15.9 Å². The van der Waals surface area contributed by atoms with E-state index < -0.39 is 0 Å². The molecule has 0 heterocycles. The molecule has 0 bridgehead atoms. The first kappa shape index (κ1) is 17.0. The van der Waals surface area contributed by atoms with Crippen molar-refractivity contribution in [3.05, 3.63) is 52.5 Å². The minimum absolute atomic E-state index is 0.0510. The Morgan fingerprint density at radius 1 is 1.13 bits per heavy atom. The molecule has 6 heteroatoms. The van der Waals surface area contributed by atoms with Crippen molar-refractivity contribution >= 4 is 39.1 Å². The average molecular weight is 377 g/mol. The maximum Gasteiger partial charge on any atom is 0.255 e. The lowest BCUT2D eigenvalue weighted by molar-refractivity contribution is -0.116. The number of methoxy groups -OCH3 is 1. The van der Waals surface area contributed by atoms with Crippen LogP contribution < -0.4 is 15.0 Å². The van der Waals surface area contributed by atoms with Crippen molar-refractivity contribution in [2.24, 2.45) is 0 Å². The summed E-state index contributed by atoms with van der Waals surface area (Å²) in [5.74, 6) is 0.393.